The van der Waals surface area contributed by atoms with Gasteiger partial charge in [-0.2, -0.15) is 0 Å². The molecular weight excluding hydrogens is 348 g/mol. The summed E-state index contributed by atoms with van der Waals surface area (Å²) >= 11 is 1.55. The van der Waals surface area contributed by atoms with Crippen molar-refractivity contribution in [3.63, 3.8) is 0 Å². The fourth-order valence-electron chi connectivity index (χ4n) is 2.59. The number of nitrogens with zero attached hydrogens (tertiary/aromatic N) is 1. The summed E-state index contributed by atoms with van der Waals surface area (Å²) in [6.45, 7) is 7.20. The molecule has 0 saturated carbocycles. The lowest BCUT2D eigenvalue weighted by molar-refractivity contribution is -0.134. The van der Waals surface area contributed by atoms with E-state index in [2.05, 4.69) is 34.1 Å². The average Bonchev–Trinajstić information content (AvgIpc) is 3.08. The summed E-state index contributed by atoms with van der Waals surface area (Å²) in [7, 11) is 1.37. The molecule has 0 amide bonds. The van der Waals surface area contributed by atoms with E-state index in [0.717, 1.165) is 28.4 Å². The number of allylic oxidation sites excluding steroid dienone is 1. The van der Waals surface area contributed by atoms with E-state index >= 15 is 0 Å². The predicted molar refractivity (Wildman–Crippen MR) is 105 cm³/mol. The van der Waals surface area contributed by atoms with E-state index in [-0.39, 0.29) is 5.97 Å². The smallest absolute Gasteiger partial charge is 0.330 e. The lowest BCUT2D eigenvalue weighted by Crippen LogP contribution is -2.25. The summed E-state index contributed by atoms with van der Waals surface area (Å²) in [5.41, 5.74) is 3.79. The van der Waals surface area contributed by atoms with Gasteiger partial charge in [-0.1, -0.05) is 31.2 Å². The number of nitrogens with one attached hydrogen (secondary N) is 1. The molecule has 0 radical (unpaired) electrons. The van der Waals surface area contributed by atoms with E-state index in [1.54, 1.807) is 11.3 Å². The van der Waals surface area contributed by atoms with E-state index < -0.39 is 6.10 Å². The van der Waals surface area contributed by atoms with Crippen LogP contribution in [0.4, 0.5) is 0 Å². The van der Waals surface area contributed by atoms with Gasteiger partial charge < -0.3 is 15.2 Å². The molecule has 0 aliphatic rings. The van der Waals surface area contributed by atoms with Crippen molar-refractivity contribution in [2.75, 3.05) is 20.2 Å². The Morgan fingerprint density at radius 3 is 2.62 bits per heavy atom. The molecule has 0 bridgehead atoms. The molecule has 1 heterocycles. The Balaban J connectivity index is 1.86. The number of hydrogen-bond donors (Lipinski definition) is 2. The second-order valence-electron chi connectivity index (χ2n) is 6.34. The van der Waals surface area contributed by atoms with Crippen LogP contribution in [0.15, 0.2) is 35.7 Å². The highest BCUT2D eigenvalue weighted by atomic mass is 32.1. The topological polar surface area (TPSA) is 71.5 Å². The highest BCUT2D eigenvalue weighted by molar-refractivity contribution is 7.09. The fourth-order valence-corrected chi connectivity index (χ4v) is 3.24. The molecule has 1 aromatic carbocycles. The van der Waals surface area contributed by atoms with Gasteiger partial charge in [0.15, 0.2) is 0 Å². The molecule has 6 heteroatoms. The number of rotatable bonds is 8. The monoisotopic (exact) mass is 374 g/mol. The molecule has 0 saturated heterocycles. The summed E-state index contributed by atoms with van der Waals surface area (Å²) in [5, 5.41) is 16.3. The van der Waals surface area contributed by atoms with Crippen LogP contribution in [0.25, 0.3) is 5.57 Å². The molecule has 2 rings (SSSR count). The maximum Gasteiger partial charge on any atom is 0.330 e. The number of hydrogen-bond acceptors (Lipinski definition) is 6. The standard InChI is InChI=1S/C20H26N2O3S/c1-13(9-20(24)25-4)16-5-7-17(8-6-16)14(2)10-21-11-19(23)18-12-26-15(3)22-18/h5-9,12,14,19,21,23H,10-11H2,1-4H3. The Hall–Kier alpha value is -2.02. The molecule has 2 unspecified atom stereocenters. The third-order valence-electron chi connectivity index (χ3n) is 4.24. The minimum Gasteiger partial charge on any atom is -0.466 e. The van der Waals surface area contributed by atoms with Crippen LogP contribution in [-0.4, -0.2) is 36.3 Å². The van der Waals surface area contributed by atoms with Crippen LogP contribution in [0.1, 0.15) is 47.7 Å². The highest BCUT2D eigenvalue weighted by Crippen LogP contribution is 2.20. The first-order chi connectivity index (χ1) is 12.4. The van der Waals surface area contributed by atoms with Gasteiger partial charge in [0.1, 0.15) is 6.10 Å². The summed E-state index contributed by atoms with van der Waals surface area (Å²) in [6.07, 6.45) is 0.905. The van der Waals surface area contributed by atoms with Gasteiger partial charge in [0.05, 0.1) is 17.8 Å². The number of aliphatic hydroxyl groups excluding tert-OH is 1. The van der Waals surface area contributed by atoms with Crippen molar-refractivity contribution in [1.82, 2.24) is 10.3 Å². The number of carbonyl (C=O) groups excluding carboxylic acids is 1. The molecule has 140 valence electrons. The fraction of sp³-hybridized carbons (Fsp3) is 0.400. The number of ether oxygens (including phenoxy) is 1. The number of aromatic nitrogens is 1. The second-order valence-corrected chi connectivity index (χ2v) is 7.40. The van der Waals surface area contributed by atoms with Crippen molar-refractivity contribution >= 4 is 22.9 Å². The van der Waals surface area contributed by atoms with Gasteiger partial charge in [-0.25, -0.2) is 9.78 Å². The first-order valence-electron chi connectivity index (χ1n) is 8.58. The normalized spacial score (nSPS) is 14.1. The Bertz CT molecular complexity index is 753. The van der Waals surface area contributed by atoms with Gasteiger partial charge in [0.2, 0.25) is 0 Å². The van der Waals surface area contributed by atoms with Gasteiger partial charge in [0.25, 0.3) is 0 Å². The number of esters is 1. The van der Waals surface area contributed by atoms with Gasteiger partial charge in [0, 0.05) is 24.5 Å². The van der Waals surface area contributed by atoms with E-state index in [4.69, 9.17) is 0 Å². The zero-order valence-corrected chi connectivity index (χ0v) is 16.5. The number of benzene rings is 1. The first kappa shape index (κ1) is 20.3. The molecule has 26 heavy (non-hydrogen) atoms. The van der Waals surface area contributed by atoms with E-state index in [1.807, 2.05) is 31.4 Å². The third kappa shape index (κ3) is 5.76. The lowest BCUT2D eigenvalue weighted by Gasteiger charge is -2.15. The van der Waals surface area contributed by atoms with Crippen LogP contribution < -0.4 is 5.32 Å². The molecule has 1 aromatic heterocycles. The molecule has 5 nitrogen and oxygen atoms in total. The number of aliphatic hydroxyl groups is 1. The van der Waals surface area contributed by atoms with Gasteiger partial charge in [-0.05, 0) is 36.5 Å². The largest absolute Gasteiger partial charge is 0.466 e. The van der Waals surface area contributed by atoms with Gasteiger partial charge >= 0.3 is 5.97 Å². The molecule has 0 aliphatic carbocycles. The number of aryl methyl sites for hydroxylation is 1. The molecule has 0 aliphatic heterocycles. The van der Waals surface area contributed by atoms with Gasteiger partial charge in [-0.15, -0.1) is 11.3 Å². The van der Waals surface area contributed by atoms with Crippen LogP contribution in [0, 0.1) is 6.92 Å². The van der Waals surface area contributed by atoms with Crippen LogP contribution >= 0.6 is 11.3 Å². The highest BCUT2D eigenvalue weighted by Gasteiger charge is 2.12. The number of methoxy groups -OCH3 is 1. The molecule has 2 atom stereocenters. The van der Waals surface area contributed by atoms with Crippen molar-refractivity contribution in [3.05, 3.63) is 57.6 Å². The van der Waals surface area contributed by atoms with Crippen LogP contribution in [0.2, 0.25) is 0 Å². The molecule has 0 fully saturated rings. The van der Waals surface area contributed by atoms with Crippen LogP contribution in [0.3, 0.4) is 0 Å². The zero-order valence-electron chi connectivity index (χ0n) is 15.7. The van der Waals surface area contributed by atoms with E-state index in [9.17, 15) is 9.90 Å². The maximum atomic E-state index is 11.3. The van der Waals surface area contributed by atoms with Crippen molar-refractivity contribution in [1.29, 1.82) is 0 Å². The Labute approximate surface area is 158 Å². The third-order valence-corrected chi connectivity index (χ3v) is 5.03. The summed E-state index contributed by atoms with van der Waals surface area (Å²) in [4.78, 5) is 15.6. The maximum absolute atomic E-state index is 11.3. The van der Waals surface area contributed by atoms with Crippen molar-refractivity contribution in [2.45, 2.75) is 32.8 Å². The van der Waals surface area contributed by atoms with E-state index in [0.29, 0.717) is 12.5 Å². The van der Waals surface area contributed by atoms with Crippen LogP contribution in [-0.2, 0) is 9.53 Å². The predicted octanol–water partition coefficient (Wildman–Crippen LogP) is 3.45. The Morgan fingerprint density at radius 2 is 2.04 bits per heavy atom. The summed E-state index contributed by atoms with van der Waals surface area (Å²) in [5.74, 6) is -0.0451. The summed E-state index contributed by atoms with van der Waals surface area (Å²) < 4.78 is 4.65. The Morgan fingerprint density at radius 1 is 1.35 bits per heavy atom. The second kappa shape index (κ2) is 9.62. The van der Waals surface area contributed by atoms with E-state index in [1.165, 1.54) is 18.7 Å². The lowest BCUT2D eigenvalue weighted by atomic mass is 9.97. The van der Waals surface area contributed by atoms with Crippen LogP contribution in [0.5, 0.6) is 0 Å². The Kier molecular flexibility index (Phi) is 7.50. The number of thiazole rings is 1. The minimum atomic E-state index is -0.583. The SMILES string of the molecule is COC(=O)C=C(C)c1ccc(C(C)CNCC(O)c2csc(C)n2)cc1. The first-order valence-corrected chi connectivity index (χ1v) is 9.46. The summed E-state index contributed by atoms with van der Waals surface area (Å²) in [6, 6.07) is 8.15. The quantitative estimate of drug-likeness (QED) is 0.547. The van der Waals surface area contributed by atoms with Crippen molar-refractivity contribution < 1.29 is 14.6 Å². The average molecular weight is 375 g/mol. The van der Waals surface area contributed by atoms with Crippen molar-refractivity contribution in [2.24, 2.45) is 0 Å². The minimum absolute atomic E-state index is 0.304. The molecule has 0 spiro atoms. The molecule has 2 aromatic rings. The zero-order chi connectivity index (χ0) is 19.1. The van der Waals surface area contributed by atoms with Crippen molar-refractivity contribution in [3.8, 4) is 0 Å². The molecular formula is C20H26N2O3S. The molecule has 2 N–H and O–H groups in total. The number of carbonyl (C=O) groups is 1. The van der Waals surface area contributed by atoms with Gasteiger partial charge in [-0.3, -0.25) is 0 Å².